The summed E-state index contributed by atoms with van der Waals surface area (Å²) in [6.07, 6.45) is 10.9. The molecule has 0 rings (SSSR count). The van der Waals surface area contributed by atoms with Gasteiger partial charge in [0.2, 0.25) is 0 Å². The van der Waals surface area contributed by atoms with Gasteiger partial charge >= 0.3 is 0 Å². The van der Waals surface area contributed by atoms with Crippen molar-refractivity contribution >= 4 is 0 Å². The Bertz CT molecular complexity index is 107. The second kappa shape index (κ2) is 9.52. The first-order chi connectivity index (χ1) is 5.41. The van der Waals surface area contributed by atoms with Gasteiger partial charge in [0, 0.05) is 0 Å². The molecule has 0 saturated carbocycles. The first kappa shape index (κ1) is 10.5. The molecule has 0 amide bonds. The van der Waals surface area contributed by atoms with Gasteiger partial charge in [-0.25, -0.2) is 0 Å². The lowest BCUT2D eigenvalue weighted by Gasteiger charge is -1.96. The molecule has 0 saturated heterocycles. The Morgan fingerprint density at radius 3 is 2.27 bits per heavy atom. The van der Waals surface area contributed by atoms with Crippen molar-refractivity contribution in [3.05, 3.63) is 25.3 Å². The zero-order valence-electron chi connectivity index (χ0n) is 7.44. The normalized spacial score (nSPS) is 9.18. The molecular weight excluding hydrogens is 132 g/mol. The fraction of sp³-hybridized carbons (Fsp3) is 0.636. The van der Waals surface area contributed by atoms with Gasteiger partial charge in [-0.1, -0.05) is 45.6 Å². The molecule has 0 aromatic heterocycles. The van der Waals surface area contributed by atoms with Crippen LogP contribution in [0, 0.1) is 6.92 Å². The van der Waals surface area contributed by atoms with Crippen molar-refractivity contribution in [3.63, 3.8) is 0 Å². The van der Waals surface area contributed by atoms with Crippen LogP contribution in [0.3, 0.4) is 0 Å². The van der Waals surface area contributed by atoms with E-state index < -0.39 is 0 Å². The van der Waals surface area contributed by atoms with Crippen LogP contribution in [0.4, 0.5) is 0 Å². The van der Waals surface area contributed by atoms with Gasteiger partial charge in [-0.2, -0.15) is 0 Å². The maximum atomic E-state index is 3.81. The van der Waals surface area contributed by atoms with E-state index in [1.807, 2.05) is 6.08 Å². The van der Waals surface area contributed by atoms with Crippen LogP contribution in [0.25, 0.3) is 0 Å². The van der Waals surface area contributed by atoms with E-state index in [2.05, 4.69) is 19.2 Å². The molecule has 0 N–H and O–H groups in total. The molecule has 0 heteroatoms. The molecule has 0 nitrogen and oxygen atoms in total. The standard InChI is InChI=1S/C11H19/c1-3-5-7-9-11-10-8-6-4-2/h6H,1-3,5,7-11H2. The molecule has 0 aliphatic carbocycles. The first-order valence-electron chi connectivity index (χ1n) is 4.55. The van der Waals surface area contributed by atoms with E-state index in [1.165, 1.54) is 32.1 Å². The van der Waals surface area contributed by atoms with Gasteiger partial charge in [-0.15, -0.1) is 5.73 Å². The van der Waals surface area contributed by atoms with Crippen LogP contribution in [-0.4, -0.2) is 0 Å². The first-order valence-corrected chi connectivity index (χ1v) is 4.55. The Labute approximate surface area is 71.0 Å². The average molecular weight is 151 g/mol. The Kier molecular flexibility index (Phi) is 9.10. The maximum Gasteiger partial charge on any atom is -0.0275 e. The predicted octanol–water partition coefficient (Wildman–Crippen LogP) is 3.89. The third kappa shape index (κ3) is 9.52. The van der Waals surface area contributed by atoms with E-state index in [9.17, 15) is 0 Å². The minimum atomic E-state index is 1.09. The van der Waals surface area contributed by atoms with E-state index in [4.69, 9.17) is 0 Å². The van der Waals surface area contributed by atoms with Gasteiger partial charge in [-0.3, -0.25) is 0 Å². The second-order valence-electron chi connectivity index (χ2n) is 2.82. The van der Waals surface area contributed by atoms with E-state index in [0.29, 0.717) is 0 Å². The number of hydrogen-bond donors (Lipinski definition) is 0. The van der Waals surface area contributed by atoms with Gasteiger partial charge < -0.3 is 0 Å². The summed E-state index contributed by atoms with van der Waals surface area (Å²) in [7, 11) is 0. The summed E-state index contributed by atoms with van der Waals surface area (Å²) in [5, 5.41) is 0. The number of rotatable bonds is 7. The van der Waals surface area contributed by atoms with Gasteiger partial charge in [0.1, 0.15) is 0 Å². The van der Waals surface area contributed by atoms with Gasteiger partial charge in [0.25, 0.3) is 0 Å². The van der Waals surface area contributed by atoms with Crippen molar-refractivity contribution in [2.75, 3.05) is 0 Å². The molecule has 1 radical (unpaired) electrons. The summed E-state index contributed by atoms with van der Waals surface area (Å²) < 4.78 is 0. The molecular formula is C11H19. The zero-order valence-corrected chi connectivity index (χ0v) is 7.44. The highest BCUT2D eigenvalue weighted by Gasteiger charge is 1.87. The highest BCUT2D eigenvalue weighted by atomic mass is 13.9. The van der Waals surface area contributed by atoms with E-state index in [-0.39, 0.29) is 0 Å². The van der Waals surface area contributed by atoms with Crippen LogP contribution >= 0.6 is 0 Å². The summed E-state index contributed by atoms with van der Waals surface area (Å²) in [6, 6.07) is 0. The minimum Gasteiger partial charge on any atom is -0.133 e. The van der Waals surface area contributed by atoms with Gasteiger partial charge in [-0.05, 0) is 18.9 Å². The van der Waals surface area contributed by atoms with E-state index in [1.54, 1.807) is 0 Å². The third-order valence-electron chi connectivity index (χ3n) is 1.74. The smallest absolute Gasteiger partial charge is 0.0275 e. The Hall–Kier alpha value is -0.480. The van der Waals surface area contributed by atoms with Crippen LogP contribution in [0.15, 0.2) is 18.4 Å². The molecule has 63 valence electrons. The van der Waals surface area contributed by atoms with Crippen molar-refractivity contribution in [3.8, 4) is 0 Å². The lowest BCUT2D eigenvalue weighted by molar-refractivity contribution is 0.621. The number of allylic oxidation sites excluding steroid dienone is 1. The van der Waals surface area contributed by atoms with Crippen molar-refractivity contribution in [1.82, 2.24) is 0 Å². The summed E-state index contributed by atoms with van der Waals surface area (Å²) in [5.41, 5.74) is 2.78. The van der Waals surface area contributed by atoms with Crippen LogP contribution in [-0.2, 0) is 0 Å². The third-order valence-corrected chi connectivity index (χ3v) is 1.74. The van der Waals surface area contributed by atoms with Gasteiger partial charge in [0.05, 0.1) is 0 Å². The van der Waals surface area contributed by atoms with Crippen molar-refractivity contribution in [2.45, 2.75) is 44.9 Å². The fourth-order valence-corrected chi connectivity index (χ4v) is 1.06. The lowest BCUT2D eigenvalue weighted by Crippen LogP contribution is -1.77. The summed E-state index contributed by atoms with van der Waals surface area (Å²) in [5.74, 6) is 0. The van der Waals surface area contributed by atoms with Crippen molar-refractivity contribution in [1.29, 1.82) is 0 Å². The topological polar surface area (TPSA) is 0 Å². The highest BCUT2D eigenvalue weighted by molar-refractivity contribution is 4.74. The molecule has 0 spiro atoms. The van der Waals surface area contributed by atoms with Gasteiger partial charge in [0.15, 0.2) is 0 Å². The largest absolute Gasteiger partial charge is 0.133 e. The molecule has 0 fully saturated rings. The molecule has 0 unspecified atom stereocenters. The molecule has 0 heterocycles. The molecule has 0 atom stereocenters. The lowest BCUT2D eigenvalue weighted by atomic mass is 10.1. The van der Waals surface area contributed by atoms with Crippen LogP contribution < -0.4 is 0 Å². The zero-order chi connectivity index (χ0) is 8.36. The van der Waals surface area contributed by atoms with Crippen LogP contribution in [0.2, 0.25) is 0 Å². The molecule has 0 aliphatic heterocycles. The SMILES string of the molecule is [CH2]CCCCCCCC=C=C. The Balaban J connectivity index is 2.84. The maximum absolute atomic E-state index is 3.81. The second-order valence-corrected chi connectivity index (χ2v) is 2.82. The minimum absolute atomic E-state index is 1.09. The highest BCUT2D eigenvalue weighted by Crippen LogP contribution is 2.06. The predicted molar refractivity (Wildman–Crippen MR) is 51.4 cm³/mol. The number of hydrogen-bond acceptors (Lipinski definition) is 0. The average Bonchev–Trinajstić information content (AvgIpc) is 2.03. The van der Waals surface area contributed by atoms with Crippen molar-refractivity contribution in [2.24, 2.45) is 0 Å². The summed E-state index contributed by atoms with van der Waals surface area (Å²) >= 11 is 0. The number of unbranched alkanes of at least 4 members (excludes halogenated alkanes) is 6. The molecule has 0 aromatic rings. The molecule has 0 aromatic carbocycles. The van der Waals surface area contributed by atoms with Crippen LogP contribution in [0.1, 0.15) is 44.9 Å². The molecule has 11 heavy (non-hydrogen) atoms. The Morgan fingerprint density at radius 2 is 1.64 bits per heavy atom. The Morgan fingerprint density at radius 1 is 1.00 bits per heavy atom. The van der Waals surface area contributed by atoms with E-state index >= 15 is 0 Å². The molecule has 0 aliphatic rings. The van der Waals surface area contributed by atoms with E-state index in [0.717, 1.165) is 12.8 Å². The summed E-state index contributed by atoms with van der Waals surface area (Å²) in [6.45, 7) is 7.33. The van der Waals surface area contributed by atoms with Crippen molar-refractivity contribution < 1.29 is 0 Å². The quantitative estimate of drug-likeness (QED) is 0.382. The molecule has 0 bridgehead atoms. The van der Waals surface area contributed by atoms with Crippen LogP contribution in [0.5, 0.6) is 0 Å². The fourth-order valence-electron chi connectivity index (χ4n) is 1.06. The monoisotopic (exact) mass is 151 g/mol. The summed E-state index contributed by atoms with van der Waals surface area (Å²) in [4.78, 5) is 0.